The van der Waals surface area contributed by atoms with Crippen molar-refractivity contribution in [1.29, 1.82) is 0 Å². The monoisotopic (exact) mass is 1610 g/mol. The first kappa shape index (κ1) is 73.4. The fourth-order valence-corrected chi connectivity index (χ4v) is 26.1. The van der Waals surface area contributed by atoms with E-state index in [9.17, 15) is 0 Å². The molecule has 5 nitrogen and oxygen atoms in total. The molecular weight excluding hydrogens is 1530 g/mol. The van der Waals surface area contributed by atoms with Gasteiger partial charge >= 0.3 is 0 Å². The van der Waals surface area contributed by atoms with Crippen LogP contribution in [-0.4, -0.2) is 13.7 Å². The average molecular weight is 1610 g/mol. The van der Waals surface area contributed by atoms with Gasteiger partial charge < -0.3 is 22.8 Å². The van der Waals surface area contributed by atoms with Crippen LogP contribution in [0.3, 0.4) is 0 Å². The van der Waals surface area contributed by atoms with Gasteiger partial charge in [0.15, 0.2) is 14.3 Å². The summed E-state index contributed by atoms with van der Waals surface area (Å²) in [5.74, 6) is 0. The number of rotatable bonds is 10. The maximum Gasteiger partial charge on any atom is 0.171 e. The standard InChI is InChI=1S/C42H27N3.C39H32O2P2.C35H22/c1-7-19-37-31(13-1)32-14-2-8-20-38(32)43(37)28-25-29(44-39-21-9-3-15-33(39)34-16-4-10-22-40(34)44)27-30(26-28)45-41-23-11-5-17-35(41)36-18-6-12-24-42(36)45;1-39(2)37-27-33(42(40,29-15-7-3-8-16-29)30-17-9-4-10-18-30)23-25-35(37)36-26-24-34(28-38(36)39)43(41,31-19-11-5-12-20-31)32-21-13-6-14-22-32;1-2-10-24-21-25(18-17-23(24)9-1)26-19-20-30-29-13-5-8-16-33(29)35(34(30)22-26)31-14-6-3-11-27(31)28-12-4-7-15-32(28)35/h1-27H;3-28H,1-2H3;1-22H. The molecule has 25 rings (SSSR count). The molecule has 1 spiro atoms. The molecule has 0 aliphatic heterocycles. The summed E-state index contributed by atoms with van der Waals surface area (Å²) in [6.07, 6.45) is 0. The molecular formula is C116H81N3O2P2. The van der Waals surface area contributed by atoms with Crippen molar-refractivity contribution in [3.8, 4) is 61.6 Å². The molecule has 0 N–H and O–H groups in total. The molecule has 3 aliphatic carbocycles. The van der Waals surface area contributed by atoms with Crippen LogP contribution in [0, 0.1) is 0 Å². The van der Waals surface area contributed by atoms with Gasteiger partial charge in [0.05, 0.1) is 55.6 Å². The number of hydrogen-bond acceptors (Lipinski definition) is 2. The molecule has 0 saturated carbocycles. The van der Waals surface area contributed by atoms with Gasteiger partial charge in [-0.25, -0.2) is 0 Å². The second kappa shape index (κ2) is 29.0. The Morgan fingerprint density at radius 1 is 0.195 bits per heavy atom. The Bertz CT molecular complexity index is 7340. The molecule has 0 unspecified atom stereocenters. The predicted octanol–water partition coefficient (Wildman–Crippen LogP) is 27.1. The topological polar surface area (TPSA) is 48.9 Å². The van der Waals surface area contributed by atoms with Crippen molar-refractivity contribution in [1.82, 2.24) is 13.7 Å². The zero-order valence-corrected chi connectivity index (χ0v) is 69.6. The Hall–Kier alpha value is -14.7. The highest BCUT2D eigenvalue weighted by molar-refractivity contribution is 7.85. The maximum atomic E-state index is 15.2. The number of nitrogens with zero attached hydrogens (tertiary/aromatic N) is 3. The van der Waals surface area contributed by atoms with Gasteiger partial charge in [-0.05, 0) is 168 Å². The number of aromatic nitrogens is 3. The van der Waals surface area contributed by atoms with Crippen molar-refractivity contribution >= 4 is 122 Å². The number of benzene rings is 19. The minimum absolute atomic E-state index is 0.286. The Morgan fingerprint density at radius 2 is 0.455 bits per heavy atom. The number of para-hydroxylation sites is 6. The number of hydrogen-bond donors (Lipinski definition) is 0. The van der Waals surface area contributed by atoms with E-state index in [1.807, 2.05) is 133 Å². The van der Waals surface area contributed by atoms with Crippen LogP contribution < -0.4 is 31.8 Å². The molecule has 0 amide bonds. The summed E-state index contributed by atoms with van der Waals surface area (Å²) < 4.78 is 37.6. The van der Waals surface area contributed by atoms with Crippen LogP contribution in [0.15, 0.2) is 455 Å². The maximum absolute atomic E-state index is 15.2. The lowest BCUT2D eigenvalue weighted by atomic mass is 9.70. The van der Waals surface area contributed by atoms with Crippen LogP contribution in [0.2, 0.25) is 0 Å². The zero-order valence-electron chi connectivity index (χ0n) is 67.9. The highest BCUT2D eigenvalue weighted by Gasteiger charge is 2.52. The predicted molar refractivity (Wildman–Crippen MR) is 518 cm³/mol. The highest BCUT2D eigenvalue weighted by Crippen LogP contribution is 2.63. The molecule has 7 heteroatoms. The van der Waals surface area contributed by atoms with Gasteiger partial charge in [0, 0.05) is 69.6 Å². The van der Waals surface area contributed by atoms with Crippen molar-refractivity contribution in [3.05, 3.63) is 488 Å². The summed E-state index contributed by atoms with van der Waals surface area (Å²) >= 11 is 0. The first-order chi connectivity index (χ1) is 60.5. The van der Waals surface area contributed by atoms with E-state index in [-0.39, 0.29) is 10.8 Å². The van der Waals surface area contributed by atoms with Crippen LogP contribution in [-0.2, 0) is 20.0 Å². The Morgan fingerprint density at radius 3 is 0.805 bits per heavy atom. The van der Waals surface area contributed by atoms with Crippen molar-refractivity contribution in [2.24, 2.45) is 0 Å². The largest absolute Gasteiger partial charge is 0.309 e. The van der Waals surface area contributed by atoms with E-state index in [1.54, 1.807) is 0 Å². The fourth-order valence-electron chi connectivity index (χ4n) is 20.8. The Labute approximate surface area is 714 Å². The third-order valence-corrected chi connectivity index (χ3v) is 32.4. The van der Waals surface area contributed by atoms with E-state index < -0.39 is 14.3 Å². The van der Waals surface area contributed by atoms with Crippen molar-refractivity contribution in [2.75, 3.05) is 0 Å². The fraction of sp³-hybridized carbons (Fsp3) is 0.0345. The lowest BCUT2D eigenvalue weighted by molar-refractivity contribution is 0.591. The first-order valence-corrected chi connectivity index (χ1v) is 45.7. The molecule has 123 heavy (non-hydrogen) atoms. The van der Waals surface area contributed by atoms with Gasteiger partial charge in [0.1, 0.15) is 0 Å². The third-order valence-electron chi connectivity index (χ3n) is 26.3. The van der Waals surface area contributed by atoms with E-state index >= 15 is 9.13 Å². The summed E-state index contributed by atoms with van der Waals surface area (Å²) in [6, 6.07) is 161. The minimum Gasteiger partial charge on any atom is -0.309 e. The Kier molecular flexibility index (Phi) is 17.3. The quantitative estimate of drug-likeness (QED) is 0.128. The molecule has 0 bridgehead atoms. The van der Waals surface area contributed by atoms with Gasteiger partial charge in [-0.2, -0.15) is 0 Å². The minimum atomic E-state index is -3.12. The van der Waals surface area contributed by atoms with E-state index in [0.717, 1.165) is 71.1 Å². The smallest absolute Gasteiger partial charge is 0.171 e. The van der Waals surface area contributed by atoms with E-state index in [4.69, 9.17) is 0 Å². The number of fused-ring (bicyclic) bond motifs is 23. The van der Waals surface area contributed by atoms with Gasteiger partial charge in [0.2, 0.25) is 0 Å². The van der Waals surface area contributed by atoms with Gasteiger partial charge in [-0.1, -0.05) is 390 Å². The van der Waals surface area contributed by atoms with Crippen LogP contribution in [0.1, 0.15) is 47.2 Å². The molecule has 0 atom stereocenters. The SMILES string of the molecule is CC1(C)c2cc(P(=O)(c3ccccc3)c3ccccc3)ccc2-c2ccc(P(=O)(c3ccccc3)c3ccccc3)cc21.c1ccc2c(c1)-c1ccccc1C21c2ccccc2-c2ccc(-c3ccc4ccccc4c3)cc21.c1ccc2c(c1)c1ccccc1n2-c1cc(-n2c3ccccc3c3ccccc32)cc(-n2c3ccccc3c3ccccc32)c1. The first-order valence-electron chi connectivity index (χ1n) is 42.3. The zero-order chi connectivity index (χ0) is 82.1. The van der Waals surface area contributed by atoms with Crippen LogP contribution in [0.5, 0.6) is 0 Å². The molecule has 22 aromatic rings. The molecule has 0 fully saturated rings. The third kappa shape index (κ3) is 11.4. The van der Waals surface area contributed by atoms with Crippen molar-refractivity contribution in [2.45, 2.75) is 24.7 Å². The van der Waals surface area contributed by atoms with Gasteiger partial charge in [-0.3, -0.25) is 0 Å². The second-order valence-electron chi connectivity index (χ2n) is 33.2. The van der Waals surface area contributed by atoms with E-state index in [2.05, 4.69) is 349 Å². The molecule has 3 aliphatic rings. The summed E-state index contributed by atoms with van der Waals surface area (Å²) in [7, 11) is -6.24. The molecule has 3 heterocycles. The van der Waals surface area contributed by atoms with E-state index in [1.165, 1.54) is 132 Å². The van der Waals surface area contributed by atoms with Crippen molar-refractivity contribution in [3.63, 3.8) is 0 Å². The second-order valence-corrected chi connectivity index (χ2v) is 38.7. The summed E-state index contributed by atoms with van der Waals surface area (Å²) in [5.41, 5.74) is 27.9. The summed E-state index contributed by atoms with van der Waals surface area (Å²) in [6.45, 7) is 4.44. The highest BCUT2D eigenvalue weighted by atomic mass is 31.2. The van der Waals surface area contributed by atoms with Crippen molar-refractivity contribution < 1.29 is 9.13 Å². The van der Waals surface area contributed by atoms with Gasteiger partial charge in [0.25, 0.3) is 0 Å². The normalized spacial score (nSPS) is 13.2. The molecule has 3 aromatic heterocycles. The summed E-state index contributed by atoms with van der Waals surface area (Å²) in [4.78, 5) is 0. The Balaban J connectivity index is 0.000000108. The van der Waals surface area contributed by atoms with Crippen LogP contribution in [0.4, 0.5) is 0 Å². The lowest BCUT2D eigenvalue weighted by Crippen LogP contribution is -2.27. The van der Waals surface area contributed by atoms with E-state index in [0.29, 0.717) is 0 Å². The summed E-state index contributed by atoms with van der Waals surface area (Å²) in [5, 5.41) is 15.0. The lowest BCUT2D eigenvalue weighted by Gasteiger charge is -2.30. The molecule has 19 aromatic carbocycles. The molecule has 0 radical (unpaired) electrons. The van der Waals surface area contributed by atoms with Crippen LogP contribution in [0.25, 0.3) is 138 Å². The molecule has 582 valence electrons. The van der Waals surface area contributed by atoms with Gasteiger partial charge in [-0.15, -0.1) is 0 Å². The average Bonchev–Trinajstić information content (AvgIpc) is 1.50. The molecule has 0 saturated heterocycles. The van der Waals surface area contributed by atoms with Crippen LogP contribution >= 0.6 is 14.3 Å².